The molecule has 1 aromatic heterocycles. The summed E-state index contributed by atoms with van der Waals surface area (Å²) in [6.07, 6.45) is -9.21. The first-order valence-electron chi connectivity index (χ1n) is 8.06. The van der Waals surface area contributed by atoms with Crippen LogP contribution in [0.15, 0.2) is 60.7 Å². The van der Waals surface area contributed by atoms with E-state index in [1.807, 2.05) is 0 Å². The van der Waals surface area contributed by atoms with Gasteiger partial charge in [-0.15, -0.1) is 0 Å². The number of nitrogens with zero attached hydrogens (tertiary/aromatic N) is 1. The summed E-state index contributed by atoms with van der Waals surface area (Å²) in [7, 11) is 0. The van der Waals surface area contributed by atoms with Crippen molar-refractivity contribution in [2.45, 2.75) is 12.4 Å². The lowest BCUT2D eigenvalue weighted by Crippen LogP contribution is -2.07. The maximum absolute atomic E-state index is 12.9. The van der Waals surface area contributed by atoms with Gasteiger partial charge in [-0.3, -0.25) is 0 Å². The minimum absolute atomic E-state index is 0.0258. The fourth-order valence-electron chi connectivity index (χ4n) is 2.73. The van der Waals surface area contributed by atoms with Gasteiger partial charge < -0.3 is 5.11 Å². The molecule has 0 fully saturated rings. The third kappa shape index (κ3) is 4.39. The smallest absolute Gasteiger partial charge is 0.416 e. The molecule has 0 unspecified atom stereocenters. The summed E-state index contributed by atoms with van der Waals surface area (Å²) in [5, 5.41) is 9.45. The van der Waals surface area contributed by atoms with E-state index >= 15 is 0 Å². The zero-order chi connectivity index (χ0) is 21.4. The van der Waals surface area contributed by atoms with Gasteiger partial charge in [0.25, 0.3) is 0 Å². The highest BCUT2D eigenvalue weighted by molar-refractivity contribution is 5.94. The Hall–Kier alpha value is -3.36. The van der Waals surface area contributed by atoms with Gasteiger partial charge in [0.05, 0.1) is 16.8 Å². The van der Waals surface area contributed by atoms with E-state index in [-0.39, 0.29) is 22.4 Å². The maximum Gasteiger partial charge on any atom is 0.416 e. The summed E-state index contributed by atoms with van der Waals surface area (Å²) in [5.74, 6) is -1.52. The first-order valence-corrected chi connectivity index (χ1v) is 8.06. The molecule has 9 heteroatoms. The molecule has 3 rings (SSSR count). The molecule has 0 amide bonds. The molecule has 29 heavy (non-hydrogen) atoms. The Kier molecular flexibility index (Phi) is 5.08. The quantitative estimate of drug-likeness (QED) is 0.526. The Labute approximate surface area is 160 Å². The number of halogens is 6. The number of aromatic carboxylic acids is 1. The molecule has 0 saturated heterocycles. The number of pyridine rings is 1. The second-order valence-corrected chi connectivity index (χ2v) is 6.05. The Morgan fingerprint density at radius 3 is 1.79 bits per heavy atom. The lowest BCUT2D eigenvalue weighted by molar-refractivity contribution is -0.138. The third-order valence-corrected chi connectivity index (χ3v) is 4.08. The SMILES string of the molecule is O=C(O)c1nc(-c2cccc(C(F)(F)F)c2)ccc1-c1cccc(C(F)(F)F)c1. The van der Waals surface area contributed by atoms with E-state index < -0.39 is 35.1 Å². The maximum atomic E-state index is 12.9. The summed E-state index contributed by atoms with van der Waals surface area (Å²) in [6.45, 7) is 0. The van der Waals surface area contributed by atoms with E-state index in [9.17, 15) is 36.2 Å². The number of aromatic nitrogens is 1. The lowest BCUT2D eigenvalue weighted by Gasteiger charge is -2.12. The molecule has 0 saturated carbocycles. The van der Waals surface area contributed by atoms with Gasteiger partial charge in [0.15, 0.2) is 5.69 Å². The van der Waals surface area contributed by atoms with Crippen molar-refractivity contribution in [1.29, 1.82) is 0 Å². The molecule has 1 N–H and O–H groups in total. The highest BCUT2D eigenvalue weighted by Crippen LogP contribution is 2.35. The summed E-state index contributed by atoms with van der Waals surface area (Å²) in [6, 6.07) is 10.7. The van der Waals surface area contributed by atoms with Crippen LogP contribution in [0.1, 0.15) is 21.6 Å². The van der Waals surface area contributed by atoms with Crippen LogP contribution >= 0.6 is 0 Å². The number of rotatable bonds is 3. The molecular weight excluding hydrogens is 400 g/mol. The van der Waals surface area contributed by atoms with Crippen molar-refractivity contribution in [2.24, 2.45) is 0 Å². The average molecular weight is 411 g/mol. The summed E-state index contributed by atoms with van der Waals surface area (Å²) in [4.78, 5) is 15.5. The number of carboxylic acid groups (broad SMARTS) is 1. The van der Waals surface area contributed by atoms with Crippen molar-refractivity contribution < 1.29 is 36.2 Å². The predicted octanol–water partition coefficient (Wildman–Crippen LogP) is 6.15. The molecule has 0 aliphatic rings. The Morgan fingerprint density at radius 1 is 0.759 bits per heavy atom. The van der Waals surface area contributed by atoms with Gasteiger partial charge in [0.2, 0.25) is 0 Å². The molecule has 2 aromatic carbocycles. The Morgan fingerprint density at radius 2 is 1.28 bits per heavy atom. The Bertz CT molecular complexity index is 1070. The van der Waals surface area contributed by atoms with Gasteiger partial charge in [-0.1, -0.05) is 24.3 Å². The predicted molar refractivity (Wildman–Crippen MR) is 92.1 cm³/mol. The molecule has 0 aliphatic heterocycles. The molecule has 0 atom stereocenters. The van der Waals surface area contributed by atoms with Gasteiger partial charge in [0.1, 0.15) is 0 Å². The van der Waals surface area contributed by atoms with Crippen molar-refractivity contribution in [3.8, 4) is 22.4 Å². The molecule has 0 aliphatic carbocycles. The van der Waals surface area contributed by atoms with Gasteiger partial charge >= 0.3 is 18.3 Å². The van der Waals surface area contributed by atoms with Crippen LogP contribution in [0.4, 0.5) is 26.3 Å². The highest BCUT2D eigenvalue weighted by Gasteiger charge is 2.32. The number of hydrogen-bond donors (Lipinski definition) is 1. The van der Waals surface area contributed by atoms with Crippen LogP contribution < -0.4 is 0 Å². The van der Waals surface area contributed by atoms with Gasteiger partial charge in [-0.2, -0.15) is 26.3 Å². The van der Waals surface area contributed by atoms with Crippen molar-refractivity contribution >= 4 is 5.97 Å². The normalized spacial score (nSPS) is 12.1. The molecule has 150 valence electrons. The zero-order valence-electron chi connectivity index (χ0n) is 14.3. The fourth-order valence-corrected chi connectivity index (χ4v) is 2.73. The van der Waals surface area contributed by atoms with Crippen molar-refractivity contribution in [3.63, 3.8) is 0 Å². The first kappa shape index (κ1) is 20.4. The van der Waals surface area contributed by atoms with E-state index in [1.165, 1.54) is 24.3 Å². The second kappa shape index (κ2) is 7.23. The topological polar surface area (TPSA) is 50.2 Å². The van der Waals surface area contributed by atoms with Crippen molar-refractivity contribution in [2.75, 3.05) is 0 Å². The Balaban J connectivity index is 2.11. The van der Waals surface area contributed by atoms with Crippen LogP contribution in [0, 0.1) is 0 Å². The fraction of sp³-hybridized carbons (Fsp3) is 0.100. The summed E-state index contributed by atoms with van der Waals surface area (Å²) in [5.41, 5.74) is -2.61. The van der Waals surface area contributed by atoms with E-state index in [4.69, 9.17) is 0 Å². The number of alkyl halides is 6. The van der Waals surface area contributed by atoms with Crippen LogP contribution in [-0.2, 0) is 12.4 Å². The van der Waals surface area contributed by atoms with Gasteiger partial charge in [0, 0.05) is 11.1 Å². The van der Waals surface area contributed by atoms with Crippen molar-refractivity contribution in [1.82, 2.24) is 4.98 Å². The minimum atomic E-state index is -4.62. The average Bonchev–Trinajstić information content (AvgIpc) is 2.66. The van der Waals surface area contributed by atoms with Crippen LogP contribution in [0.3, 0.4) is 0 Å². The second-order valence-electron chi connectivity index (χ2n) is 6.05. The molecule has 3 aromatic rings. The lowest BCUT2D eigenvalue weighted by atomic mass is 9.99. The van der Waals surface area contributed by atoms with Crippen LogP contribution in [0.2, 0.25) is 0 Å². The summed E-state index contributed by atoms with van der Waals surface area (Å²) < 4.78 is 77.5. The third-order valence-electron chi connectivity index (χ3n) is 4.08. The van der Waals surface area contributed by atoms with Gasteiger partial charge in [-0.05, 0) is 42.0 Å². The molecule has 0 spiro atoms. The first-order chi connectivity index (χ1) is 13.5. The van der Waals surface area contributed by atoms with Gasteiger partial charge in [-0.25, -0.2) is 9.78 Å². The van der Waals surface area contributed by atoms with Crippen LogP contribution in [0.5, 0.6) is 0 Å². The minimum Gasteiger partial charge on any atom is -0.476 e. The number of carbonyl (C=O) groups is 1. The zero-order valence-corrected chi connectivity index (χ0v) is 14.3. The molecule has 1 heterocycles. The number of carboxylic acids is 1. The van der Waals surface area contributed by atoms with Crippen molar-refractivity contribution in [3.05, 3.63) is 77.5 Å². The molecule has 0 bridgehead atoms. The number of hydrogen-bond acceptors (Lipinski definition) is 2. The molecular formula is C20H11F6NO2. The largest absolute Gasteiger partial charge is 0.476 e. The standard InChI is InChI=1S/C20H11F6NO2/c21-19(22,23)13-5-1-3-11(9-13)15-7-8-16(27-17(15)18(28)29)12-4-2-6-14(10-12)20(24,25)26/h1-10H,(H,28,29). The monoisotopic (exact) mass is 411 g/mol. The van der Waals surface area contributed by atoms with E-state index in [1.54, 1.807) is 0 Å². The molecule has 3 nitrogen and oxygen atoms in total. The van der Waals surface area contributed by atoms with E-state index in [2.05, 4.69) is 4.98 Å². The van der Waals surface area contributed by atoms with E-state index in [0.717, 1.165) is 36.4 Å². The van der Waals surface area contributed by atoms with Crippen LogP contribution in [-0.4, -0.2) is 16.1 Å². The van der Waals surface area contributed by atoms with Crippen LogP contribution in [0.25, 0.3) is 22.4 Å². The molecule has 0 radical (unpaired) electrons. The van der Waals surface area contributed by atoms with E-state index in [0.29, 0.717) is 0 Å². The summed E-state index contributed by atoms with van der Waals surface area (Å²) >= 11 is 0. The highest BCUT2D eigenvalue weighted by atomic mass is 19.4. The number of benzene rings is 2.